The van der Waals surface area contributed by atoms with E-state index in [1.165, 1.54) is 167 Å². The number of aliphatic hydroxyl groups excluding tert-OH is 1. The maximum absolute atomic E-state index is 13.0. The molecule has 8 nitrogen and oxygen atoms in total. The molecule has 0 aliphatic carbocycles. The molecule has 0 heterocycles. The zero-order valence-corrected chi connectivity index (χ0v) is 52.3. The highest BCUT2D eigenvalue weighted by Gasteiger charge is 2.27. The fourth-order valence-electron chi connectivity index (χ4n) is 8.98. The summed E-state index contributed by atoms with van der Waals surface area (Å²) in [5, 5.41) is 14.0. The van der Waals surface area contributed by atoms with Gasteiger partial charge in [0.1, 0.15) is 13.2 Å². The lowest BCUT2D eigenvalue weighted by molar-refractivity contribution is -0.870. The molecule has 0 rings (SSSR count). The zero-order valence-electron chi connectivity index (χ0n) is 51.4. The van der Waals surface area contributed by atoms with Gasteiger partial charge in [-0.2, -0.15) is 0 Å². The van der Waals surface area contributed by atoms with E-state index in [9.17, 15) is 19.4 Å². The van der Waals surface area contributed by atoms with Crippen LogP contribution in [-0.2, 0) is 18.4 Å². The number of allylic oxidation sites excluding steroid dienone is 17. The average Bonchev–Trinajstić information content (AvgIpc) is 3.41. The number of rotatable bonds is 58. The highest BCUT2D eigenvalue weighted by molar-refractivity contribution is 7.47. The fraction of sp³-hybridized carbons (Fsp3) is 0.725. The van der Waals surface area contributed by atoms with Gasteiger partial charge in [-0.3, -0.25) is 13.8 Å². The van der Waals surface area contributed by atoms with Crippen molar-refractivity contribution in [2.24, 2.45) is 0 Å². The van der Waals surface area contributed by atoms with Crippen LogP contribution in [0.3, 0.4) is 0 Å². The summed E-state index contributed by atoms with van der Waals surface area (Å²) in [6.45, 7) is 4.69. The second kappa shape index (κ2) is 58.8. The van der Waals surface area contributed by atoms with E-state index in [1.54, 1.807) is 6.08 Å². The predicted octanol–water partition coefficient (Wildman–Crippen LogP) is 20.3. The molecule has 0 aliphatic rings. The van der Waals surface area contributed by atoms with Crippen LogP contribution in [0.5, 0.6) is 0 Å². The molecule has 0 saturated heterocycles. The van der Waals surface area contributed by atoms with Crippen molar-refractivity contribution in [2.75, 3.05) is 40.9 Å². The Labute approximate surface area is 482 Å². The van der Waals surface area contributed by atoms with Crippen molar-refractivity contribution in [3.8, 4) is 0 Å². The van der Waals surface area contributed by atoms with Gasteiger partial charge in [0.2, 0.25) is 5.91 Å². The topological polar surface area (TPSA) is 105 Å². The monoisotopic (exact) mass is 1110 g/mol. The normalized spacial score (nSPS) is 14.5. The number of carbonyl (C=O) groups excluding carboxylic acids is 1. The molecule has 1 amide bonds. The molecule has 0 saturated carbocycles. The smallest absolute Gasteiger partial charge is 0.387 e. The fourth-order valence-corrected chi connectivity index (χ4v) is 9.72. The van der Waals surface area contributed by atoms with E-state index in [0.717, 1.165) is 83.5 Å². The third-order valence-corrected chi connectivity index (χ3v) is 15.0. The van der Waals surface area contributed by atoms with E-state index in [1.807, 2.05) is 27.2 Å². The first-order chi connectivity index (χ1) is 38.0. The van der Waals surface area contributed by atoms with Crippen molar-refractivity contribution in [1.82, 2.24) is 5.32 Å². The van der Waals surface area contributed by atoms with E-state index >= 15 is 0 Å². The molecule has 78 heavy (non-hydrogen) atoms. The van der Waals surface area contributed by atoms with Crippen LogP contribution in [0.25, 0.3) is 0 Å². The SMILES string of the molecule is CC/C=C\C/C=C\C/C=C\C/C=C\C/C=C\C/C=C\C/C=C\CCCCCCCCCCCCCCCC(=O)NC(COP(=O)(O)OCC[N+](C)(C)C)C(O)/C=C/CC/C=C/CCCCCCCCCCCCCCCCC. The molecule has 0 fully saturated rings. The van der Waals surface area contributed by atoms with Crippen molar-refractivity contribution in [3.05, 3.63) is 109 Å². The number of amides is 1. The number of hydrogen-bond donors (Lipinski definition) is 3. The summed E-state index contributed by atoms with van der Waals surface area (Å²) in [6.07, 6.45) is 86.4. The molecular weight excluding hydrogens is 984 g/mol. The minimum Gasteiger partial charge on any atom is -0.387 e. The van der Waals surface area contributed by atoms with Crippen molar-refractivity contribution in [1.29, 1.82) is 0 Å². The van der Waals surface area contributed by atoms with Gasteiger partial charge in [0.15, 0.2) is 0 Å². The number of nitrogens with zero attached hydrogens (tertiary/aromatic N) is 1. The van der Waals surface area contributed by atoms with E-state index in [4.69, 9.17) is 9.05 Å². The quantitative estimate of drug-likeness (QED) is 0.0243. The van der Waals surface area contributed by atoms with Gasteiger partial charge in [0.25, 0.3) is 0 Å². The lowest BCUT2D eigenvalue weighted by Gasteiger charge is -2.25. The first-order valence-corrected chi connectivity index (χ1v) is 33.8. The molecule has 0 spiro atoms. The van der Waals surface area contributed by atoms with Crippen LogP contribution < -0.4 is 5.32 Å². The highest BCUT2D eigenvalue weighted by Crippen LogP contribution is 2.43. The third-order valence-electron chi connectivity index (χ3n) is 14.0. The summed E-state index contributed by atoms with van der Waals surface area (Å²) in [6, 6.07) is -0.871. The van der Waals surface area contributed by atoms with Gasteiger partial charge in [-0.1, -0.05) is 284 Å². The Morgan fingerprint density at radius 2 is 0.782 bits per heavy atom. The predicted molar refractivity (Wildman–Crippen MR) is 341 cm³/mol. The molecule has 0 aromatic carbocycles. The molecule has 0 radical (unpaired) electrons. The number of hydrogen-bond acceptors (Lipinski definition) is 5. The van der Waals surface area contributed by atoms with Crippen LogP contribution >= 0.6 is 7.82 Å². The first-order valence-electron chi connectivity index (χ1n) is 32.3. The van der Waals surface area contributed by atoms with Crippen LogP contribution in [0, 0.1) is 0 Å². The number of unbranched alkanes of at least 4 members (excludes halogenated alkanes) is 29. The van der Waals surface area contributed by atoms with Crippen LogP contribution in [0.15, 0.2) is 109 Å². The Bertz CT molecular complexity index is 1640. The standard InChI is InChI=1S/C69H123N2O6P/c1-6-8-10-12-14-16-18-20-22-24-26-28-29-30-31-32-33-34-35-36-37-38-39-40-41-43-45-47-49-51-53-55-57-59-61-63-69(73)70-67(66-77-78(74,75)76-65-64-71(3,4)5)68(72)62-60-58-56-54-52-50-48-46-44-42-27-25-23-21-19-17-15-13-11-9-7-2/h8,10,14,16,20,22,26,28,30-31,33-34,36-37,52,54,60,62,67-68,72H,6-7,9,11-13,15,17-19,21,23-25,27,29,32,35,38-51,53,55-59,61,63-66H2,1-5H3,(H-,70,73,74,75)/p+1/b10-8-,16-14-,22-20-,28-26-,31-30-,34-33-,37-36-,54-52+,62-60+. The summed E-state index contributed by atoms with van der Waals surface area (Å²) in [4.78, 5) is 23.4. The van der Waals surface area contributed by atoms with Gasteiger partial charge >= 0.3 is 7.82 Å². The highest BCUT2D eigenvalue weighted by atomic mass is 31.2. The number of aliphatic hydroxyl groups is 1. The van der Waals surface area contributed by atoms with Gasteiger partial charge < -0.3 is 19.8 Å². The molecule has 3 N–H and O–H groups in total. The summed E-state index contributed by atoms with van der Waals surface area (Å²) in [5.41, 5.74) is 0. The van der Waals surface area contributed by atoms with E-state index in [-0.39, 0.29) is 19.1 Å². The van der Waals surface area contributed by atoms with Gasteiger partial charge in [0, 0.05) is 6.42 Å². The van der Waals surface area contributed by atoms with Crippen LogP contribution in [0.1, 0.15) is 271 Å². The maximum Gasteiger partial charge on any atom is 0.472 e. The number of likely N-dealkylation sites (N-methyl/N-ethyl adjacent to an activating group) is 1. The van der Waals surface area contributed by atoms with Crippen molar-refractivity contribution in [3.63, 3.8) is 0 Å². The number of phosphoric ester groups is 1. The second-order valence-electron chi connectivity index (χ2n) is 22.7. The van der Waals surface area contributed by atoms with Crippen LogP contribution in [0.2, 0.25) is 0 Å². The van der Waals surface area contributed by atoms with Crippen molar-refractivity contribution in [2.45, 2.75) is 283 Å². The van der Waals surface area contributed by atoms with Gasteiger partial charge in [-0.05, 0) is 89.9 Å². The largest absolute Gasteiger partial charge is 0.472 e. The molecule has 0 aromatic heterocycles. The van der Waals surface area contributed by atoms with Crippen molar-refractivity contribution >= 4 is 13.7 Å². The molecular formula is C69H124N2O6P+. The summed E-state index contributed by atoms with van der Waals surface area (Å²) < 4.78 is 23.7. The summed E-state index contributed by atoms with van der Waals surface area (Å²) in [5.74, 6) is -0.190. The minimum absolute atomic E-state index is 0.0521. The minimum atomic E-state index is -4.36. The molecule has 3 atom stereocenters. The average molecular weight is 1110 g/mol. The summed E-state index contributed by atoms with van der Waals surface area (Å²) >= 11 is 0. The molecule has 0 bridgehead atoms. The first kappa shape index (κ1) is 75.2. The third kappa shape index (κ3) is 60.8. The number of phosphoric acid groups is 1. The van der Waals surface area contributed by atoms with Gasteiger partial charge in [-0.25, -0.2) is 4.57 Å². The Balaban J connectivity index is 4.15. The number of nitrogens with one attached hydrogen (secondary N) is 1. The molecule has 0 aliphatic heterocycles. The molecule has 0 aromatic rings. The number of quaternary nitrogens is 1. The van der Waals surface area contributed by atoms with Crippen LogP contribution in [-0.4, -0.2) is 73.4 Å². The zero-order chi connectivity index (χ0) is 57.0. The van der Waals surface area contributed by atoms with E-state index in [0.29, 0.717) is 17.4 Å². The van der Waals surface area contributed by atoms with E-state index < -0.39 is 20.0 Å². The Kier molecular flexibility index (Phi) is 56.7. The Morgan fingerprint density at radius 1 is 0.449 bits per heavy atom. The maximum atomic E-state index is 13.0. The Hall–Kier alpha value is -2.84. The molecule has 450 valence electrons. The lowest BCUT2D eigenvalue weighted by Crippen LogP contribution is -2.45. The second-order valence-corrected chi connectivity index (χ2v) is 24.2. The molecule has 3 unspecified atom stereocenters. The van der Waals surface area contributed by atoms with E-state index in [2.05, 4.69) is 116 Å². The molecule has 9 heteroatoms. The van der Waals surface area contributed by atoms with Crippen LogP contribution in [0.4, 0.5) is 0 Å². The number of carbonyl (C=O) groups is 1. The Morgan fingerprint density at radius 3 is 1.18 bits per heavy atom. The summed E-state index contributed by atoms with van der Waals surface area (Å²) in [7, 11) is 1.55. The van der Waals surface area contributed by atoms with Gasteiger partial charge in [0.05, 0.1) is 39.9 Å². The van der Waals surface area contributed by atoms with Crippen molar-refractivity contribution < 1.29 is 32.9 Å². The lowest BCUT2D eigenvalue weighted by atomic mass is 10.0. The van der Waals surface area contributed by atoms with Gasteiger partial charge in [-0.15, -0.1) is 0 Å².